The Kier molecular flexibility index (Phi) is 3.54. The highest BCUT2D eigenvalue weighted by molar-refractivity contribution is 5.80. The molecule has 0 bridgehead atoms. The number of imidazole rings is 1. The summed E-state index contributed by atoms with van der Waals surface area (Å²) in [5, 5.41) is 4.15. The maximum atomic E-state index is 12.6. The average Bonchev–Trinajstić information content (AvgIpc) is 3.18. The number of carbonyl (C=O) groups is 1. The van der Waals surface area contributed by atoms with Crippen molar-refractivity contribution in [2.45, 2.75) is 31.8 Å². The van der Waals surface area contributed by atoms with Gasteiger partial charge in [-0.1, -0.05) is 0 Å². The Balaban J connectivity index is 1.69. The summed E-state index contributed by atoms with van der Waals surface area (Å²) in [4.78, 5) is 18.6. The lowest BCUT2D eigenvalue weighted by Gasteiger charge is -2.34. The highest BCUT2D eigenvalue weighted by atomic mass is 16.2. The molecule has 3 rings (SSSR count). The van der Waals surface area contributed by atoms with Crippen LogP contribution in [0.25, 0.3) is 0 Å². The lowest BCUT2D eigenvalue weighted by Crippen LogP contribution is -2.43. The second-order valence-corrected chi connectivity index (χ2v) is 5.25. The molecule has 2 atom stereocenters. The standard InChI is InChI=1S/C14H19N5O/c1-12(19-8-3-5-16-19)14(20)17-7-2-4-13(10-17)18-9-6-15-11-18/h3,5-6,8-9,11-13H,2,4,7,10H2,1H3/t12-,13+/m1/s1. The molecule has 1 fully saturated rings. The number of hydrogen-bond donors (Lipinski definition) is 0. The second-order valence-electron chi connectivity index (χ2n) is 5.25. The molecule has 3 heterocycles. The Labute approximate surface area is 118 Å². The monoisotopic (exact) mass is 273 g/mol. The Morgan fingerprint density at radius 1 is 1.35 bits per heavy atom. The van der Waals surface area contributed by atoms with Gasteiger partial charge in [-0.2, -0.15) is 5.10 Å². The molecule has 6 nitrogen and oxygen atoms in total. The van der Waals surface area contributed by atoms with Crippen molar-refractivity contribution in [3.05, 3.63) is 37.2 Å². The van der Waals surface area contributed by atoms with Crippen LogP contribution < -0.4 is 0 Å². The third-order valence-corrected chi connectivity index (χ3v) is 3.93. The molecule has 0 aromatic carbocycles. The highest BCUT2D eigenvalue weighted by Gasteiger charge is 2.28. The third-order valence-electron chi connectivity index (χ3n) is 3.93. The molecule has 6 heteroatoms. The molecule has 0 saturated carbocycles. The van der Waals surface area contributed by atoms with Gasteiger partial charge >= 0.3 is 0 Å². The van der Waals surface area contributed by atoms with Gasteiger partial charge in [0, 0.05) is 37.9 Å². The number of carbonyl (C=O) groups excluding carboxylic acids is 1. The predicted molar refractivity (Wildman–Crippen MR) is 74.0 cm³/mol. The van der Waals surface area contributed by atoms with E-state index in [-0.39, 0.29) is 11.9 Å². The smallest absolute Gasteiger partial charge is 0.247 e. The van der Waals surface area contributed by atoms with Gasteiger partial charge in [0.15, 0.2) is 0 Å². The summed E-state index contributed by atoms with van der Waals surface area (Å²) in [6.07, 6.45) is 11.2. The van der Waals surface area contributed by atoms with E-state index >= 15 is 0 Å². The van der Waals surface area contributed by atoms with Crippen molar-refractivity contribution in [2.24, 2.45) is 0 Å². The molecule has 20 heavy (non-hydrogen) atoms. The zero-order valence-corrected chi connectivity index (χ0v) is 11.6. The Bertz CT molecular complexity index is 548. The molecule has 106 valence electrons. The molecule has 1 aliphatic rings. The number of piperidine rings is 1. The molecule has 1 saturated heterocycles. The van der Waals surface area contributed by atoms with Crippen LogP contribution in [0.2, 0.25) is 0 Å². The van der Waals surface area contributed by atoms with Gasteiger partial charge in [0.05, 0.1) is 12.4 Å². The van der Waals surface area contributed by atoms with Crippen molar-refractivity contribution in [3.8, 4) is 0 Å². The molecule has 1 aliphatic heterocycles. The fraction of sp³-hybridized carbons (Fsp3) is 0.500. The van der Waals surface area contributed by atoms with Crippen molar-refractivity contribution < 1.29 is 4.79 Å². The summed E-state index contributed by atoms with van der Waals surface area (Å²) in [6, 6.07) is 1.93. The summed E-state index contributed by atoms with van der Waals surface area (Å²) in [6.45, 7) is 3.48. The van der Waals surface area contributed by atoms with Gasteiger partial charge in [0.1, 0.15) is 6.04 Å². The lowest BCUT2D eigenvalue weighted by molar-refractivity contribution is -0.136. The molecule has 0 radical (unpaired) electrons. The van der Waals surface area contributed by atoms with Gasteiger partial charge in [0.25, 0.3) is 0 Å². The van der Waals surface area contributed by atoms with E-state index in [1.54, 1.807) is 17.1 Å². The summed E-state index contributed by atoms with van der Waals surface area (Å²) in [5.74, 6) is 0.138. The van der Waals surface area contributed by atoms with Gasteiger partial charge in [-0.05, 0) is 25.8 Å². The molecule has 0 spiro atoms. The molecule has 2 aromatic heterocycles. The van der Waals surface area contributed by atoms with E-state index in [1.165, 1.54) is 0 Å². The number of hydrogen-bond acceptors (Lipinski definition) is 3. The molecular weight excluding hydrogens is 254 g/mol. The zero-order chi connectivity index (χ0) is 13.9. The number of likely N-dealkylation sites (tertiary alicyclic amines) is 1. The first-order chi connectivity index (χ1) is 9.75. The largest absolute Gasteiger partial charge is 0.339 e. The van der Waals surface area contributed by atoms with E-state index in [2.05, 4.69) is 14.6 Å². The van der Waals surface area contributed by atoms with Crippen molar-refractivity contribution in [3.63, 3.8) is 0 Å². The second kappa shape index (κ2) is 5.48. The van der Waals surface area contributed by atoms with Crippen LogP contribution in [-0.4, -0.2) is 43.2 Å². The van der Waals surface area contributed by atoms with Crippen molar-refractivity contribution in [2.75, 3.05) is 13.1 Å². The van der Waals surface area contributed by atoms with Crippen molar-refractivity contribution >= 4 is 5.91 Å². The summed E-state index contributed by atoms with van der Waals surface area (Å²) in [7, 11) is 0. The van der Waals surface area contributed by atoms with Crippen LogP contribution in [0.5, 0.6) is 0 Å². The molecule has 2 aromatic rings. The van der Waals surface area contributed by atoms with Gasteiger partial charge < -0.3 is 9.47 Å². The van der Waals surface area contributed by atoms with Crippen LogP contribution in [0.15, 0.2) is 37.2 Å². The molecule has 0 N–H and O–H groups in total. The average molecular weight is 273 g/mol. The van der Waals surface area contributed by atoms with Crippen LogP contribution in [-0.2, 0) is 4.79 Å². The SMILES string of the molecule is C[C@H](C(=O)N1CCC[C@H](n2ccnc2)C1)n1cccn1. The molecular formula is C14H19N5O. The van der Waals surface area contributed by atoms with E-state index in [0.29, 0.717) is 6.04 Å². The lowest BCUT2D eigenvalue weighted by atomic mass is 10.0. The van der Waals surface area contributed by atoms with Crippen LogP contribution in [0, 0.1) is 0 Å². The minimum absolute atomic E-state index is 0.138. The fourth-order valence-electron chi connectivity index (χ4n) is 2.77. The van der Waals surface area contributed by atoms with Crippen molar-refractivity contribution in [1.29, 1.82) is 0 Å². The molecule has 1 amide bonds. The number of aromatic nitrogens is 4. The normalized spacial score (nSPS) is 20.9. The van der Waals surface area contributed by atoms with Crippen LogP contribution >= 0.6 is 0 Å². The Morgan fingerprint density at radius 2 is 2.25 bits per heavy atom. The van der Waals surface area contributed by atoms with Gasteiger partial charge in [-0.25, -0.2) is 4.98 Å². The minimum atomic E-state index is -0.244. The Morgan fingerprint density at radius 3 is 2.95 bits per heavy atom. The summed E-state index contributed by atoms with van der Waals surface area (Å²) >= 11 is 0. The first-order valence-electron chi connectivity index (χ1n) is 7.01. The first-order valence-corrected chi connectivity index (χ1v) is 7.01. The van der Waals surface area contributed by atoms with E-state index < -0.39 is 0 Å². The fourth-order valence-corrected chi connectivity index (χ4v) is 2.77. The van der Waals surface area contributed by atoms with E-state index in [0.717, 1.165) is 25.9 Å². The van der Waals surface area contributed by atoms with E-state index in [4.69, 9.17) is 0 Å². The minimum Gasteiger partial charge on any atom is -0.339 e. The third kappa shape index (κ3) is 2.45. The summed E-state index contributed by atoms with van der Waals surface area (Å²) in [5.41, 5.74) is 0. The number of nitrogens with zero attached hydrogens (tertiary/aromatic N) is 5. The molecule has 0 aliphatic carbocycles. The van der Waals surface area contributed by atoms with Crippen molar-refractivity contribution in [1.82, 2.24) is 24.2 Å². The van der Waals surface area contributed by atoms with Crippen LogP contribution in [0.1, 0.15) is 31.8 Å². The zero-order valence-electron chi connectivity index (χ0n) is 11.6. The van der Waals surface area contributed by atoms with Crippen LogP contribution in [0.4, 0.5) is 0 Å². The maximum Gasteiger partial charge on any atom is 0.247 e. The van der Waals surface area contributed by atoms with E-state index in [9.17, 15) is 4.79 Å². The van der Waals surface area contributed by atoms with Gasteiger partial charge in [-0.15, -0.1) is 0 Å². The number of amides is 1. The highest BCUT2D eigenvalue weighted by Crippen LogP contribution is 2.23. The van der Waals surface area contributed by atoms with E-state index in [1.807, 2.05) is 36.6 Å². The maximum absolute atomic E-state index is 12.6. The molecule has 0 unspecified atom stereocenters. The van der Waals surface area contributed by atoms with Gasteiger partial charge in [0.2, 0.25) is 5.91 Å². The van der Waals surface area contributed by atoms with Crippen LogP contribution in [0.3, 0.4) is 0 Å². The number of rotatable bonds is 3. The van der Waals surface area contributed by atoms with Gasteiger partial charge in [-0.3, -0.25) is 9.48 Å². The predicted octanol–water partition coefficient (Wildman–Crippen LogP) is 1.50. The Hall–Kier alpha value is -2.11. The topological polar surface area (TPSA) is 56.0 Å². The summed E-state index contributed by atoms with van der Waals surface area (Å²) < 4.78 is 3.81. The quantitative estimate of drug-likeness (QED) is 0.851. The first kappa shape index (κ1) is 12.9.